The number of pyridine rings is 1. The van der Waals surface area contributed by atoms with E-state index in [1.54, 1.807) is 16.7 Å². The van der Waals surface area contributed by atoms with Crippen molar-refractivity contribution in [2.75, 3.05) is 0 Å². The van der Waals surface area contributed by atoms with Crippen molar-refractivity contribution in [1.82, 2.24) is 9.55 Å². The minimum absolute atomic E-state index is 0.0155. The van der Waals surface area contributed by atoms with E-state index >= 15 is 0 Å². The fraction of sp³-hybridized carbons (Fsp3) is 0. The smallest absolute Gasteiger partial charge is 0.255 e. The average molecular weight is 210 g/mol. The molecule has 0 aliphatic heterocycles. The van der Waals surface area contributed by atoms with Gasteiger partial charge in [0.1, 0.15) is 0 Å². The van der Waals surface area contributed by atoms with Gasteiger partial charge in [0.25, 0.3) is 5.56 Å². The molecule has 2 heterocycles. The maximum atomic E-state index is 11.9. The maximum Gasteiger partial charge on any atom is 0.255 e. The lowest BCUT2D eigenvalue weighted by Crippen LogP contribution is -2.16. The predicted octanol–water partition coefficient (Wildman–Crippen LogP) is 2.32. The lowest BCUT2D eigenvalue weighted by Gasteiger charge is -2.06. The second kappa shape index (κ2) is 3.38. The van der Waals surface area contributed by atoms with E-state index in [-0.39, 0.29) is 5.56 Å². The molecule has 0 saturated heterocycles. The van der Waals surface area contributed by atoms with Gasteiger partial charge in [0, 0.05) is 18.0 Å². The summed E-state index contributed by atoms with van der Waals surface area (Å²) < 4.78 is 1.70. The van der Waals surface area contributed by atoms with Crippen molar-refractivity contribution in [2.45, 2.75) is 0 Å². The molecule has 0 aliphatic carbocycles. The molecular formula is C13H10N2O. The molecule has 3 nitrogen and oxygen atoms in total. The van der Waals surface area contributed by atoms with Crippen molar-refractivity contribution in [3.63, 3.8) is 0 Å². The highest BCUT2D eigenvalue weighted by Gasteiger charge is 2.04. The summed E-state index contributed by atoms with van der Waals surface area (Å²) in [6.07, 6.45) is 1.84. The van der Waals surface area contributed by atoms with E-state index in [2.05, 4.69) is 4.98 Å². The minimum Gasteiger partial charge on any atom is -0.360 e. The number of hydrogen-bond donors (Lipinski definition) is 1. The van der Waals surface area contributed by atoms with Crippen molar-refractivity contribution >= 4 is 11.0 Å². The van der Waals surface area contributed by atoms with Gasteiger partial charge in [-0.3, -0.25) is 9.36 Å². The Morgan fingerprint density at radius 2 is 1.75 bits per heavy atom. The summed E-state index contributed by atoms with van der Waals surface area (Å²) in [6.45, 7) is 0. The van der Waals surface area contributed by atoms with E-state index in [9.17, 15) is 4.79 Å². The highest BCUT2D eigenvalue weighted by Crippen LogP contribution is 2.14. The first kappa shape index (κ1) is 8.97. The van der Waals surface area contributed by atoms with Crippen LogP contribution in [-0.2, 0) is 0 Å². The molecule has 3 rings (SSSR count). The van der Waals surface area contributed by atoms with Crippen LogP contribution in [0.1, 0.15) is 0 Å². The van der Waals surface area contributed by atoms with Crippen LogP contribution in [0.2, 0.25) is 0 Å². The SMILES string of the molecule is O=c1ccc2[nH]ccc2n1-c1ccccc1. The number of fused-ring (bicyclic) bond motifs is 1. The lowest BCUT2D eigenvalue weighted by molar-refractivity contribution is 1.04. The maximum absolute atomic E-state index is 11.9. The van der Waals surface area contributed by atoms with Crippen LogP contribution in [0.15, 0.2) is 59.5 Å². The molecule has 0 spiro atoms. The van der Waals surface area contributed by atoms with E-state index in [1.807, 2.05) is 42.6 Å². The normalized spacial score (nSPS) is 10.8. The van der Waals surface area contributed by atoms with Crippen LogP contribution in [0.3, 0.4) is 0 Å². The molecule has 78 valence electrons. The van der Waals surface area contributed by atoms with Gasteiger partial charge in [-0.15, -0.1) is 0 Å². The lowest BCUT2D eigenvalue weighted by atomic mass is 10.3. The number of hydrogen-bond acceptors (Lipinski definition) is 1. The molecule has 0 amide bonds. The highest BCUT2D eigenvalue weighted by molar-refractivity contribution is 5.77. The topological polar surface area (TPSA) is 37.8 Å². The zero-order chi connectivity index (χ0) is 11.0. The molecule has 3 heteroatoms. The Morgan fingerprint density at radius 3 is 2.56 bits per heavy atom. The van der Waals surface area contributed by atoms with Crippen LogP contribution in [-0.4, -0.2) is 9.55 Å². The first-order chi connectivity index (χ1) is 7.86. The Balaban J connectivity index is 2.42. The molecule has 0 radical (unpaired) electrons. The molecule has 0 bridgehead atoms. The summed E-state index contributed by atoms with van der Waals surface area (Å²) in [5.41, 5.74) is 2.73. The Kier molecular flexibility index (Phi) is 1.90. The van der Waals surface area contributed by atoms with Gasteiger partial charge in [-0.25, -0.2) is 0 Å². The van der Waals surface area contributed by atoms with Crippen LogP contribution in [0, 0.1) is 0 Å². The third-order valence-electron chi connectivity index (χ3n) is 2.62. The van der Waals surface area contributed by atoms with Crippen LogP contribution in [0.4, 0.5) is 0 Å². The fourth-order valence-electron chi connectivity index (χ4n) is 1.89. The molecule has 0 aliphatic rings. The number of aromatic nitrogens is 2. The van der Waals surface area contributed by atoms with Crippen molar-refractivity contribution < 1.29 is 0 Å². The molecule has 3 aromatic rings. The summed E-state index contributed by atoms with van der Waals surface area (Å²) in [4.78, 5) is 15.0. The van der Waals surface area contributed by atoms with Gasteiger partial charge in [0.15, 0.2) is 0 Å². The largest absolute Gasteiger partial charge is 0.360 e. The molecule has 0 atom stereocenters. The van der Waals surface area contributed by atoms with Gasteiger partial charge in [-0.05, 0) is 24.3 Å². The molecule has 1 N–H and O–H groups in total. The Labute approximate surface area is 92.0 Å². The predicted molar refractivity (Wildman–Crippen MR) is 63.9 cm³/mol. The number of rotatable bonds is 1. The summed E-state index contributed by atoms with van der Waals surface area (Å²) in [5, 5.41) is 0. The number of nitrogens with zero attached hydrogens (tertiary/aromatic N) is 1. The Bertz CT molecular complexity index is 680. The van der Waals surface area contributed by atoms with Gasteiger partial charge in [0.2, 0.25) is 0 Å². The standard InChI is InChI=1S/C13H10N2O/c16-13-7-6-11-12(8-9-14-11)15(13)10-4-2-1-3-5-10/h1-9,14H. The zero-order valence-corrected chi connectivity index (χ0v) is 8.55. The molecule has 16 heavy (non-hydrogen) atoms. The van der Waals surface area contributed by atoms with Gasteiger partial charge >= 0.3 is 0 Å². The van der Waals surface area contributed by atoms with Crippen molar-refractivity contribution in [3.8, 4) is 5.69 Å². The average Bonchev–Trinajstić information content (AvgIpc) is 2.78. The first-order valence-electron chi connectivity index (χ1n) is 5.11. The highest BCUT2D eigenvalue weighted by atomic mass is 16.1. The number of H-pyrrole nitrogens is 1. The van der Waals surface area contributed by atoms with Crippen molar-refractivity contribution in [1.29, 1.82) is 0 Å². The number of benzene rings is 1. The second-order valence-corrected chi connectivity index (χ2v) is 3.62. The van der Waals surface area contributed by atoms with Crippen LogP contribution < -0.4 is 5.56 Å². The molecular weight excluding hydrogens is 200 g/mol. The van der Waals surface area contributed by atoms with Gasteiger partial charge in [-0.2, -0.15) is 0 Å². The Hall–Kier alpha value is -2.29. The van der Waals surface area contributed by atoms with E-state index in [0.29, 0.717) is 0 Å². The number of para-hydroxylation sites is 1. The third-order valence-corrected chi connectivity index (χ3v) is 2.62. The zero-order valence-electron chi connectivity index (χ0n) is 8.55. The second-order valence-electron chi connectivity index (χ2n) is 3.62. The van der Waals surface area contributed by atoms with Crippen LogP contribution in [0.5, 0.6) is 0 Å². The molecule has 2 aromatic heterocycles. The monoisotopic (exact) mass is 210 g/mol. The van der Waals surface area contributed by atoms with Gasteiger partial charge in [0.05, 0.1) is 11.0 Å². The van der Waals surface area contributed by atoms with Crippen LogP contribution >= 0.6 is 0 Å². The number of nitrogens with one attached hydrogen (secondary N) is 1. The van der Waals surface area contributed by atoms with Gasteiger partial charge < -0.3 is 4.98 Å². The number of aromatic amines is 1. The van der Waals surface area contributed by atoms with Crippen LogP contribution in [0.25, 0.3) is 16.7 Å². The molecule has 0 fully saturated rings. The van der Waals surface area contributed by atoms with E-state index in [1.165, 1.54) is 0 Å². The quantitative estimate of drug-likeness (QED) is 0.657. The molecule has 1 aromatic carbocycles. The summed E-state index contributed by atoms with van der Waals surface area (Å²) in [5.74, 6) is 0. The fourth-order valence-corrected chi connectivity index (χ4v) is 1.89. The van der Waals surface area contributed by atoms with Crippen molar-refractivity contribution in [3.05, 3.63) is 65.1 Å². The summed E-state index contributed by atoms with van der Waals surface area (Å²) >= 11 is 0. The first-order valence-corrected chi connectivity index (χ1v) is 5.11. The summed E-state index contributed by atoms with van der Waals surface area (Å²) in [6, 6.07) is 14.9. The Morgan fingerprint density at radius 1 is 0.938 bits per heavy atom. The van der Waals surface area contributed by atoms with Gasteiger partial charge in [-0.1, -0.05) is 18.2 Å². The molecule has 0 saturated carbocycles. The summed E-state index contributed by atoms with van der Waals surface area (Å²) in [7, 11) is 0. The van der Waals surface area contributed by atoms with E-state index < -0.39 is 0 Å². The van der Waals surface area contributed by atoms with E-state index in [0.717, 1.165) is 16.7 Å². The minimum atomic E-state index is -0.0155. The van der Waals surface area contributed by atoms with Crippen molar-refractivity contribution in [2.24, 2.45) is 0 Å². The third kappa shape index (κ3) is 1.26. The van der Waals surface area contributed by atoms with E-state index in [4.69, 9.17) is 0 Å². The molecule has 0 unspecified atom stereocenters.